The van der Waals surface area contributed by atoms with Gasteiger partial charge < -0.3 is 0 Å². The topological polar surface area (TPSA) is 64.0 Å². The van der Waals surface area contributed by atoms with Crippen LogP contribution in [0.5, 0.6) is 0 Å². The van der Waals surface area contributed by atoms with Gasteiger partial charge in [-0.1, -0.05) is 0 Å². The van der Waals surface area contributed by atoms with Gasteiger partial charge in [0.2, 0.25) is 0 Å². The molecule has 5 nitrogen and oxygen atoms in total. The van der Waals surface area contributed by atoms with E-state index in [1.54, 1.807) is 11.7 Å². The lowest BCUT2D eigenvalue weighted by Crippen LogP contribution is -2.17. The number of nitrogens with zero attached hydrogens (tertiary/aromatic N) is 2. The fraction of sp³-hybridized carbons (Fsp3) is 0.500. The summed E-state index contributed by atoms with van der Waals surface area (Å²) in [6, 6.07) is 0. The van der Waals surface area contributed by atoms with Gasteiger partial charge in [0.1, 0.15) is 10.7 Å². The molecule has 114 valence electrons. The number of fused-ring (bicyclic) bond motifs is 1. The van der Waals surface area contributed by atoms with Gasteiger partial charge in [-0.2, -0.15) is 5.10 Å². The zero-order valence-electron chi connectivity index (χ0n) is 12.4. The fourth-order valence-corrected chi connectivity index (χ4v) is 5.71. The second-order valence-corrected chi connectivity index (χ2v) is 8.22. The van der Waals surface area contributed by atoms with Crippen molar-refractivity contribution in [3.05, 3.63) is 27.1 Å². The summed E-state index contributed by atoms with van der Waals surface area (Å²) in [6.45, 7) is 3.67. The second-order valence-electron chi connectivity index (χ2n) is 5.51. The number of anilines is 1. The molecule has 0 fully saturated rings. The van der Waals surface area contributed by atoms with E-state index in [0.29, 0.717) is 10.7 Å². The largest absolute Gasteiger partial charge is 0.264 e. The Balaban J connectivity index is 2.03. The highest BCUT2D eigenvalue weighted by Gasteiger charge is 2.26. The van der Waals surface area contributed by atoms with Gasteiger partial charge in [-0.05, 0) is 50.5 Å². The van der Waals surface area contributed by atoms with Gasteiger partial charge in [0.15, 0.2) is 0 Å². The molecule has 0 unspecified atom stereocenters. The second kappa shape index (κ2) is 5.14. The van der Waals surface area contributed by atoms with E-state index in [-0.39, 0.29) is 0 Å². The summed E-state index contributed by atoms with van der Waals surface area (Å²) in [5, 5.41) is 6.33. The van der Waals surface area contributed by atoms with Crippen molar-refractivity contribution in [1.29, 1.82) is 0 Å². The Kier molecular flexibility index (Phi) is 3.57. The maximum absolute atomic E-state index is 12.7. The Labute approximate surface area is 129 Å². The quantitative estimate of drug-likeness (QED) is 0.944. The minimum absolute atomic E-state index is 0.401. The molecule has 2 aromatic heterocycles. The van der Waals surface area contributed by atoms with E-state index in [9.17, 15) is 8.42 Å². The first-order valence-corrected chi connectivity index (χ1v) is 9.38. The number of hydrogen-bond acceptors (Lipinski definition) is 4. The number of rotatable bonds is 3. The summed E-state index contributed by atoms with van der Waals surface area (Å²) < 4.78 is 29.8. The number of hydrogen-bond donors (Lipinski definition) is 1. The molecule has 0 spiro atoms. The molecule has 2 aromatic rings. The van der Waals surface area contributed by atoms with Crippen molar-refractivity contribution in [3.63, 3.8) is 0 Å². The predicted molar refractivity (Wildman–Crippen MR) is 84.5 cm³/mol. The van der Waals surface area contributed by atoms with Crippen molar-refractivity contribution >= 4 is 27.2 Å². The summed E-state index contributed by atoms with van der Waals surface area (Å²) in [7, 11) is -1.76. The third-order valence-electron chi connectivity index (χ3n) is 3.91. The highest BCUT2D eigenvalue weighted by Crippen LogP contribution is 2.31. The van der Waals surface area contributed by atoms with E-state index in [1.165, 1.54) is 11.3 Å². The first kappa shape index (κ1) is 14.6. The minimum Gasteiger partial charge on any atom is -0.263 e. The molecule has 0 bridgehead atoms. The van der Waals surface area contributed by atoms with Crippen molar-refractivity contribution in [3.8, 4) is 0 Å². The molecule has 7 heteroatoms. The van der Waals surface area contributed by atoms with Crippen LogP contribution in [-0.2, 0) is 29.9 Å². The maximum atomic E-state index is 12.7. The summed E-state index contributed by atoms with van der Waals surface area (Å²) >= 11 is 1.46. The van der Waals surface area contributed by atoms with Gasteiger partial charge in [-0.3, -0.25) is 9.40 Å². The fourth-order valence-electron chi connectivity index (χ4n) is 2.95. The van der Waals surface area contributed by atoms with E-state index >= 15 is 0 Å². The third kappa shape index (κ3) is 2.48. The maximum Gasteiger partial charge on any atom is 0.264 e. The van der Waals surface area contributed by atoms with E-state index in [0.717, 1.165) is 47.4 Å². The van der Waals surface area contributed by atoms with Crippen LogP contribution in [0.4, 0.5) is 5.82 Å². The van der Waals surface area contributed by atoms with Gasteiger partial charge >= 0.3 is 0 Å². The number of aryl methyl sites for hydroxylation is 4. The molecule has 3 rings (SSSR count). The van der Waals surface area contributed by atoms with Crippen molar-refractivity contribution in [2.45, 2.75) is 44.4 Å². The molecule has 0 aromatic carbocycles. The Hall–Kier alpha value is -1.34. The standard InChI is InChI=1S/C14H19N3O2S2/c1-9-8-20-10(2)13(9)21(18,19)16-14-11-6-4-5-7-12(11)15-17(14)3/h8,16H,4-7H2,1-3H3. The lowest BCUT2D eigenvalue weighted by atomic mass is 9.98. The van der Waals surface area contributed by atoms with E-state index in [1.807, 2.05) is 19.2 Å². The van der Waals surface area contributed by atoms with Crippen LogP contribution < -0.4 is 4.72 Å². The predicted octanol–water partition coefficient (Wildman–Crippen LogP) is 2.78. The molecule has 21 heavy (non-hydrogen) atoms. The van der Waals surface area contributed by atoms with Crippen molar-refractivity contribution in [1.82, 2.24) is 9.78 Å². The lowest BCUT2D eigenvalue weighted by molar-refractivity contribution is 0.599. The summed E-state index contributed by atoms with van der Waals surface area (Å²) in [6.07, 6.45) is 4.03. The molecule has 0 saturated carbocycles. The molecular formula is C14H19N3O2S2. The van der Waals surface area contributed by atoms with Crippen LogP contribution in [0.3, 0.4) is 0 Å². The first-order valence-electron chi connectivity index (χ1n) is 7.02. The van der Waals surface area contributed by atoms with Crippen LogP contribution in [0.2, 0.25) is 0 Å². The zero-order valence-corrected chi connectivity index (χ0v) is 14.1. The molecule has 0 amide bonds. The molecule has 1 aliphatic rings. The Bertz CT molecular complexity index is 768. The van der Waals surface area contributed by atoms with Crippen molar-refractivity contribution in [2.24, 2.45) is 7.05 Å². The molecule has 0 saturated heterocycles. The smallest absolute Gasteiger partial charge is 0.263 e. The van der Waals surface area contributed by atoms with Gasteiger partial charge in [0.25, 0.3) is 10.0 Å². The van der Waals surface area contributed by atoms with E-state index in [4.69, 9.17) is 0 Å². The Morgan fingerprint density at radius 1 is 1.29 bits per heavy atom. The molecule has 2 heterocycles. The van der Waals surface area contributed by atoms with Gasteiger partial charge in [-0.25, -0.2) is 8.42 Å². The van der Waals surface area contributed by atoms with Crippen LogP contribution in [0, 0.1) is 13.8 Å². The summed E-state index contributed by atoms with van der Waals surface area (Å²) in [5.41, 5.74) is 2.87. The SMILES string of the molecule is Cc1csc(C)c1S(=O)(=O)Nc1c2c(nn1C)CCCC2. The number of sulfonamides is 1. The van der Waals surface area contributed by atoms with Gasteiger partial charge in [-0.15, -0.1) is 11.3 Å². The number of nitrogens with one attached hydrogen (secondary N) is 1. The van der Waals surface area contributed by atoms with Crippen LogP contribution in [0.25, 0.3) is 0 Å². The molecule has 1 N–H and O–H groups in total. The zero-order chi connectivity index (χ0) is 15.2. The number of aromatic nitrogens is 2. The average Bonchev–Trinajstić information content (AvgIpc) is 2.91. The lowest BCUT2D eigenvalue weighted by Gasteiger charge is -2.13. The first-order chi connectivity index (χ1) is 9.90. The highest BCUT2D eigenvalue weighted by molar-refractivity contribution is 7.93. The minimum atomic E-state index is -3.56. The van der Waals surface area contributed by atoms with Gasteiger partial charge in [0.05, 0.1) is 5.69 Å². The van der Waals surface area contributed by atoms with Crippen LogP contribution in [-0.4, -0.2) is 18.2 Å². The van der Waals surface area contributed by atoms with Crippen molar-refractivity contribution in [2.75, 3.05) is 4.72 Å². The van der Waals surface area contributed by atoms with Crippen LogP contribution in [0.1, 0.15) is 34.5 Å². The number of thiophene rings is 1. The monoisotopic (exact) mass is 325 g/mol. The summed E-state index contributed by atoms with van der Waals surface area (Å²) in [4.78, 5) is 1.22. The molecular weight excluding hydrogens is 306 g/mol. The normalized spacial score (nSPS) is 15.0. The molecule has 1 aliphatic carbocycles. The molecule has 0 radical (unpaired) electrons. The van der Waals surface area contributed by atoms with E-state index in [2.05, 4.69) is 9.82 Å². The Morgan fingerprint density at radius 2 is 2.00 bits per heavy atom. The van der Waals surface area contributed by atoms with Crippen LogP contribution >= 0.6 is 11.3 Å². The average molecular weight is 325 g/mol. The van der Waals surface area contributed by atoms with Crippen LogP contribution in [0.15, 0.2) is 10.3 Å². The summed E-state index contributed by atoms with van der Waals surface area (Å²) in [5.74, 6) is 0.620. The van der Waals surface area contributed by atoms with E-state index < -0.39 is 10.0 Å². The Morgan fingerprint density at radius 3 is 2.67 bits per heavy atom. The molecule has 0 atom stereocenters. The highest BCUT2D eigenvalue weighted by atomic mass is 32.2. The third-order valence-corrected chi connectivity index (χ3v) is 6.70. The molecule has 0 aliphatic heterocycles. The van der Waals surface area contributed by atoms with Crippen molar-refractivity contribution < 1.29 is 8.42 Å². The van der Waals surface area contributed by atoms with Gasteiger partial charge in [0, 0.05) is 17.5 Å².